The molecule has 1 heterocycles. The number of benzene rings is 1. The zero-order valence-electron chi connectivity index (χ0n) is 12.7. The highest BCUT2D eigenvalue weighted by atomic mass is 32.2. The van der Waals surface area contributed by atoms with E-state index < -0.39 is 11.6 Å². The van der Waals surface area contributed by atoms with Gasteiger partial charge in [-0.1, -0.05) is 20.8 Å². The Balaban J connectivity index is 2.21. The van der Waals surface area contributed by atoms with E-state index in [1.165, 1.54) is 12.1 Å². The molecule has 0 radical (unpaired) electrons. The maximum atomic E-state index is 13.5. The van der Waals surface area contributed by atoms with Gasteiger partial charge in [-0.05, 0) is 30.7 Å². The average Bonchev–Trinajstić information content (AvgIpc) is 2.42. The van der Waals surface area contributed by atoms with Crippen LogP contribution in [0.2, 0.25) is 0 Å². The summed E-state index contributed by atoms with van der Waals surface area (Å²) in [6.07, 6.45) is 1.00. The van der Waals surface area contributed by atoms with Gasteiger partial charge in [0.05, 0.1) is 0 Å². The predicted molar refractivity (Wildman–Crippen MR) is 90.2 cm³/mol. The number of hydrogen-bond donors (Lipinski definition) is 1. The van der Waals surface area contributed by atoms with E-state index in [2.05, 4.69) is 26.1 Å². The highest BCUT2D eigenvalue weighted by Crippen LogP contribution is 2.41. The molecule has 4 atom stereocenters. The lowest BCUT2D eigenvalue weighted by Gasteiger charge is -2.36. The Labute approximate surface area is 134 Å². The molecule has 1 nitrogen and oxygen atoms in total. The summed E-state index contributed by atoms with van der Waals surface area (Å²) in [5, 5.41) is 5.00. The number of halogens is 2. The third kappa shape index (κ3) is 4.60. The van der Waals surface area contributed by atoms with Crippen molar-refractivity contribution in [2.45, 2.75) is 49.0 Å². The van der Waals surface area contributed by atoms with Gasteiger partial charge in [0.15, 0.2) is 0 Å². The Morgan fingerprint density at radius 1 is 1.19 bits per heavy atom. The topological polar surface area (TPSA) is 12.0 Å². The van der Waals surface area contributed by atoms with Crippen LogP contribution < -0.4 is 5.32 Å². The van der Waals surface area contributed by atoms with Gasteiger partial charge in [0.25, 0.3) is 0 Å². The first kappa shape index (κ1) is 17.1. The summed E-state index contributed by atoms with van der Waals surface area (Å²) in [4.78, 5) is 0. The third-order valence-corrected chi connectivity index (χ3v) is 7.30. The molecule has 0 aromatic heterocycles. The molecule has 118 valence electrons. The van der Waals surface area contributed by atoms with E-state index >= 15 is 0 Å². The molecule has 5 heteroatoms. The van der Waals surface area contributed by atoms with E-state index in [-0.39, 0.29) is 6.04 Å². The second kappa shape index (κ2) is 7.84. The average molecular weight is 331 g/mol. The van der Waals surface area contributed by atoms with Crippen molar-refractivity contribution in [3.8, 4) is 0 Å². The minimum absolute atomic E-state index is 0.00241. The SMILES string of the molecule is CCCNC(c1cc(F)cc(F)c1)C1CSC(C)C(C)S1. The normalized spacial score (nSPS) is 27.6. The second-order valence-corrected chi connectivity index (χ2v) is 8.58. The summed E-state index contributed by atoms with van der Waals surface area (Å²) in [5.41, 5.74) is 0.723. The fourth-order valence-corrected chi connectivity index (χ4v) is 5.62. The molecule has 1 N–H and O–H groups in total. The van der Waals surface area contributed by atoms with E-state index in [1.54, 1.807) is 0 Å². The van der Waals surface area contributed by atoms with Gasteiger partial charge in [-0.2, -0.15) is 23.5 Å². The number of hydrogen-bond acceptors (Lipinski definition) is 3. The highest BCUT2D eigenvalue weighted by molar-refractivity contribution is 8.07. The van der Waals surface area contributed by atoms with Crippen molar-refractivity contribution in [3.63, 3.8) is 0 Å². The van der Waals surface area contributed by atoms with Crippen molar-refractivity contribution in [3.05, 3.63) is 35.4 Å². The molecule has 1 aliphatic heterocycles. The van der Waals surface area contributed by atoms with Gasteiger partial charge in [0.1, 0.15) is 11.6 Å². The summed E-state index contributed by atoms with van der Waals surface area (Å²) >= 11 is 3.88. The number of nitrogens with one attached hydrogen (secondary N) is 1. The van der Waals surface area contributed by atoms with E-state index in [0.29, 0.717) is 15.7 Å². The molecule has 4 unspecified atom stereocenters. The van der Waals surface area contributed by atoms with Crippen molar-refractivity contribution in [1.29, 1.82) is 0 Å². The minimum Gasteiger partial charge on any atom is -0.309 e. The van der Waals surface area contributed by atoms with Gasteiger partial charge in [0, 0.05) is 33.6 Å². The molecule has 1 aromatic carbocycles. The summed E-state index contributed by atoms with van der Waals surface area (Å²) in [6.45, 7) is 7.44. The maximum Gasteiger partial charge on any atom is 0.126 e. The van der Waals surface area contributed by atoms with Crippen molar-refractivity contribution < 1.29 is 8.78 Å². The van der Waals surface area contributed by atoms with Gasteiger partial charge < -0.3 is 5.32 Å². The first-order valence-corrected chi connectivity index (χ1v) is 9.46. The van der Waals surface area contributed by atoms with Crippen LogP contribution in [0.25, 0.3) is 0 Å². The molecule has 1 fully saturated rings. The van der Waals surface area contributed by atoms with Gasteiger partial charge >= 0.3 is 0 Å². The predicted octanol–water partition coefficient (Wildman–Crippen LogP) is 4.63. The van der Waals surface area contributed by atoms with Crippen molar-refractivity contribution >= 4 is 23.5 Å². The van der Waals surface area contributed by atoms with E-state index in [9.17, 15) is 8.78 Å². The third-order valence-electron chi connectivity index (χ3n) is 3.80. The Kier molecular flexibility index (Phi) is 6.38. The maximum absolute atomic E-state index is 13.5. The summed E-state index contributed by atoms with van der Waals surface area (Å²) in [5.74, 6) is 0.0155. The molecule has 0 spiro atoms. The highest BCUT2D eigenvalue weighted by Gasteiger charge is 2.32. The molecule has 0 bridgehead atoms. The van der Waals surface area contributed by atoms with Crippen LogP contribution >= 0.6 is 23.5 Å². The number of thioether (sulfide) groups is 2. The largest absolute Gasteiger partial charge is 0.309 e. The van der Waals surface area contributed by atoms with Crippen LogP contribution in [0.15, 0.2) is 18.2 Å². The van der Waals surface area contributed by atoms with Crippen LogP contribution in [0, 0.1) is 11.6 Å². The van der Waals surface area contributed by atoms with Gasteiger partial charge in [-0.3, -0.25) is 0 Å². The van der Waals surface area contributed by atoms with Gasteiger partial charge in [0.2, 0.25) is 0 Å². The zero-order valence-corrected chi connectivity index (χ0v) is 14.4. The minimum atomic E-state index is -0.497. The molecular formula is C16H23F2NS2. The van der Waals surface area contributed by atoms with E-state index in [1.807, 2.05) is 23.5 Å². The monoisotopic (exact) mass is 331 g/mol. The van der Waals surface area contributed by atoms with Gasteiger partial charge in [-0.15, -0.1) is 0 Å². The molecule has 0 saturated carbocycles. The lowest BCUT2D eigenvalue weighted by Crippen LogP contribution is -2.37. The summed E-state index contributed by atoms with van der Waals surface area (Å²) in [6, 6.07) is 3.87. The van der Waals surface area contributed by atoms with Gasteiger partial charge in [-0.25, -0.2) is 8.78 Å². The fourth-order valence-electron chi connectivity index (χ4n) is 2.50. The molecule has 1 aliphatic rings. The van der Waals surface area contributed by atoms with Crippen molar-refractivity contribution in [1.82, 2.24) is 5.32 Å². The molecule has 0 amide bonds. The van der Waals surface area contributed by atoms with Crippen LogP contribution in [0.5, 0.6) is 0 Å². The molecule has 1 aromatic rings. The van der Waals surface area contributed by atoms with Crippen LogP contribution in [0.3, 0.4) is 0 Å². The van der Waals surface area contributed by atoms with Crippen molar-refractivity contribution in [2.75, 3.05) is 12.3 Å². The Morgan fingerprint density at radius 3 is 2.43 bits per heavy atom. The Morgan fingerprint density at radius 2 is 1.86 bits per heavy atom. The Hall–Kier alpha value is -0.260. The molecular weight excluding hydrogens is 308 g/mol. The smallest absolute Gasteiger partial charge is 0.126 e. The molecule has 21 heavy (non-hydrogen) atoms. The second-order valence-electron chi connectivity index (χ2n) is 5.55. The van der Waals surface area contributed by atoms with E-state index in [4.69, 9.17) is 0 Å². The van der Waals surface area contributed by atoms with Crippen LogP contribution in [0.4, 0.5) is 8.78 Å². The first-order chi connectivity index (χ1) is 10.0. The summed E-state index contributed by atoms with van der Waals surface area (Å²) in [7, 11) is 0. The summed E-state index contributed by atoms with van der Waals surface area (Å²) < 4.78 is 27.1. The van der Waals surface area contributed by atoms with Crippen LogP contribution in [0.1, 0.15) is 38.8 Å². The molecule has 2 rings (SSSR count). The number of rotatable bonds is 5. The van der Waals surface area contributed by atoms with Crippen molar-refractivity contribution in [2.24, 2.45) is 0 Å². The van der Waals surface area contributed by atoms with E-state index in [0.717, 1.165) is 30.3 Å². The van der Waals surface area contributed by atoms with Crippen LogP contribution in [-0.2, 0) is 0 Å². The lowest BCUT2D eigenvalue weighted by atomic mass is 10.0. The fraction of sp³-hybridized carbons (Fsp3) is 0.625. The first-order valence-electron chi connectivity index (χ1n) is 7.47. The lowest BCUT2D eigenvalue weighted by molar-refractivity contribution is 0.514. The standard InChI is InChI=1S/C16H23F2NS2/c1-4-5-19-16(12-6-13(17)8-14(18)7-12)15-9-20-10(2)11(3)21-15/h6-8,10-11,15-16,19H,4-5,9H2,1-3H3. The molecule has 0 aliphatic carbocycles. The molecule has 1 saturated heterocycles. The zero-order chi connectivity index (χ0) is 15.4. The Bertz CT molecular complexity index is 449. The quantitative estimate of drug-likeness (QED) is 0.845. The van der Waals surface area contributed by atoms with Crippen LogP contribution in [-0.4, -0.2) is 28.0 Å².